The average Bonchev–Trinajstić information content (AvgIpc) is 2.46. The van der Waals surface area contributed by atoms with Crippen LogP contribution in [0.5, 0.6) is 0 Å². The number of carbonyl (C=O) groups is 1. The first kappa shape index (κ1) is 12.5. The number of anilines is 1. The lowest BCUT2D eigenvalue weighted by Crippen LogP contribution is -2.19. The fourth-order valence-electron chi connectivity index (χ4n) is 1.31. The third kappa shape index (κ3) is 3.03. The number of nitrogens with two attached hydrogens (primary N) is 2. The summed E-state index contributed by atoms with van der Waals surface area (Å²) in [4.78, 5) is 24.0. The molecule has 1 heterocycles. The van der Waals surface area contributed by atoms with E-state index in [9.17, 15) is 4.79 Å². The highest BCUT2D eigenvalue weighted by atomic mass is 16.7. The van der Waals surface area contributed by atoms with Gasteiger partial charge in [-0.1, -0.05) is 23.4 Å². The van der Waals surface area contributed by atoms with Gasteiger partial charge in [0.25, 0.3) is 0 Å². The molecule has 0 bridgehead atoms. The molecule has 0 aliphatic rings. The van der Waals surface area contributed by atoms with Crippen molar-refractivity contribution >= 4 is 17.6 Å². The van der Waals surface area contributed by atoms with Crippen LogP contribution in [0.25, 0.3) is 0 Å². The van der Waals surface area contributed by atoms with E-state index in [1.807, 2.05) is 0 Å². The van der Waals surface area contributed by atoms with Crippen LogP contribution in [0.15, 0.2) is 47.9 Å². The van der Waals surface area contributed by atoms with Crippen molar-refractivity contribution in [2.45, 2.75) is 0 Å². The van der Waals surface area contributed by atoms with Gasteiger partial charge in [0.1, 0.15) is 0 Å². The molecule has 7 nitrogen and oxygen atoms in total. The summed E-state index contributed by atoms with van der Waals surface area (Å²) in [6, 6.07) is 8.42. The summed E-state index contributed by atoms with van der Waals surface area (Å²) >= 11 is 0. The molecule has 2 rings (SSSR count). The second-order valence-corrected chi connectivity index (χ2v) is 3.51. The molecule has 0 atom stereocenters. The lowest BCUT2D eigenvalue weighted by Gasteiger charge is -2.02. The summed E-state index contributed by atoms with van der Waals surface area (Å²) in [6.45, 7) is 0. The van der Waals surface area contributed by atoms with E-state index >= 15 is 0 Å². The van der Waals surface area contributed by atoms with Crippen LogP contribution in [0.2, 0.25) is 0 Å². The number of rotatable bonds is 3. The summed E-state index contributed by atoms with van der Waals surface area (Å²) in [7, 11) is 0. The average molecular weight is 257 g/mol. The Bertz CT molecular complexity index is 613. The molecule has 7 heteroatoms. The van der Waals surface area contributed by atoms with Gasteiger partial charge in [-0.3, -0.25) is 0 Å². The maximum absolute atomic E-state index is 11.6. The number of hydrogen-bond acceptors (Lipinski definition) is 6. The zero-order valence-corrected chi connectivity index (χ0v) is 9.85. The topological polar surface area (TPSA) is 116 Å². The summed E-state index contributed by atoms with van der Waals surface area (Å²) < 4.78 is 0. The molecular weight excluding hydrogens is 246 g/mol. The monoisotopic (exact) mass is 257 g/mol. The fourth-order valence-corrected chi connectivity index (χ4v) is 1.31. The quantitative estimate of drug-likeness (QED) is 0.358. The van der Waals surface area contributed by atoms with Gasteiger partial charge < -0.3 is 16.3 Å². The predicted octanol–water partition coefficient (Wildman–Crippen LogP) is 0.536. The highest BCUT2D eigenvalue weighted by molar-refractivity contribution is 5.99. The van der Waals surface area contributed by atoms with Crippen molar-refractivity contribution in [1.29, 1.82) is 0 Å². The molecule has 2 aromatic rings. The number of carbonyl (C=O) groups excluding carboxylic acids is 1. The molecular formula is C12H11N5O2. The Kier molecular flexibility index (Phi) is 3.67. The van der Waals surface area contributed by atoms with Crippen LogP contribution >= 0.6 is 0 Å². The van der Waals surface area contributed by atoms with Crippen molar-refractivity contribution in [1.82, 2.24) is 9.97 Å². The predicted molar refractivity (Wildman–Crippen MR) is 69.0 cm³/mol. The third-order valence-corrected chi connectivity index (χ3v) is 2.21. The normalized spacial score (nSPS) is 11.1. The minimum Gasteiger partial charge on any atom is -0.382 e. The van der Waals surface area contributed by atoms with Gasteiger partial charge in [-0.2, -0.15) is 0 Å². The number of aromatic nitrogens is 2. The summed E-state index contributed by atoms with van der Waals surface area (Å²) in [5.41, 5.74) is 11.7. The number of amidine groups is 1. The van der Waals surface area contributed by atoms with Crippen LogP contribution < -0.4 is 11.5 Å². The van der Waals surface area contributed by atoms with Crippen LogP contribution in [0, 0.1) is 0 Å². The van der Waals surface area contributed by atoms with Crippen LogP contribution in [0.1, 0.15) is 16.1 Å². The van der Waals surface area contributed by atoms with Gasteiger partial charge in [0, 0.05) is 12.4 Å². The second kappa shape index (κ2) is 5.58. The smallest absolute Gasteiger partial charge is 0.365 e. The maximum atomic E-state index is 11.6. The second-order valence-electron chi connectivity index (χ2n) is 3.51. The van der Waals surface area contributed by atoms with Crippen molar-refractivity contribution in [3.63, 3.8) is 0 Å². The lowest BCUT2D eigenvalue weighted by molar-refractivity contribution is 0.0516. The Morgan fingerprint density at radius 1 is 1.16 bits per heavy atom. The number of nitrogen functional groups attached to an aromatic ring is 1. The van der Waals surface area contributed by atoms with Gasteiger partial charge >= 0.3 is 5.97 Å². The van der Waals surface area contributed by atoms with E-state index in [0.29, 0.717) is 5.56 Å². The standard InChI is InChI=1S/C12H11N5O2/c13-10-9(15-6-7-16-10)11(14)17-19-12(18)8-4-2-1-3-5-8/h1-7H,(H2,13,16)(H2,14,17). The number of nitrogens with zero attached hydrogens (tertiary/aromatic N) is 3. The molecule has 0 radical (unpaired) electrons. The third-order valence-electron chi connectivity index (χ3n) is 2.21. The van der Waals surface area contributed by atoms with Crippen molar-refractivity contribution in [3.05, 3.63) is 54.0 Å². The molecule has 1 aromatic carbocycles. The zero-order valence-electron chi connectivity index (χ0n) is 9.85. The Hall–Kier alpha value is -2.96. The molecule has 0 aliphatic carbocycles. The van der Waals surface area contributed by atoms with E-state index in [2.05, 4.69) is 15.1 Å². The molecule has 0 aliphatic heterocycles. The van der Waals surface area contributed by atoms with E-state index in [1.165, 1.54) is 12.4 Å². The van der Waals surface area contributed by atoms with Gasteiger partial charge in [0.2, 0.25) is 0 Å². The largest absolute Gasteiger partial charge is 0.382 e. The van der Waals surface area contributed by atoms with Crippen molar-refractivity contribution in [2.75, 3.05) is 5.73 Å². The van der Waals surface area contributed by atoms with E-state index in [-0.39, 0.29) is 17.3 Å². The summed E-state index contributed by atoms with van der Waals surface area (Å²) in [5.74, 6) is -0.625. The van der Waals surface area contributed by atoms with Gasteiger partial charge in [0.15, 0.2) is 17.3 Å². The molecule has 0 saturated carbocycles. The molecule has 1 aromatic heterocycles. The van der Waals surface area contributed by atoms with Gasteiger partial charge in [-0.05, 0) is 12.1 Å². The minimum atomic E-state index is -0.619. The minimum absolute atomic E-state index is 0.111. The molecule has 0 fully saturated rings. The molecule has 4 N–H and O–H groups in total. The van der Waals surface area contributed by atoms with E-state index in [1.54, 1.807) is 30.3 Å². The van der Waals surface area contributed by atoms with E-state index in [0.717, 1.165) is 0 Å². The zero-order chi connectivity index (χ0) is 13.7. The Morgan fingerprint density at radius 2 is 1.84 bits per heavy atom. The summed E-state index contributed by atoms with van der Waals surface area (Å²) in [6.07, 6.45) is 2.83. The molecule has 0 unspecified atom stereocenters. The molecule has 96 valence electrons. The summed E-state index contributed by atoms with van der Waals surface area (Å²) in [5, 5.41) is 3.49. The molecule has 0 saturated heterocycles. The highest BCUT2D eigenvalue weighted by Crippen LogP contribution is 2.04. The van der Waals surface area contributed by atoms with Crippen molar-refractivity contribution in [3.8, 4) is 0 Å². The first-order chi connectivity index (χ1) is 9.18. The van der Waals surface area contributed by atoms with Crippen LogP contribution in [0.3, 0.4) is 0 Å². The Balaban J connectivity index is 2.11. The highest BCUT2D eigenvalue weighted by Gasteiger charge is 2.09. The van der Waals surface area contributed by atoms with Gasteiger partial charge in [0.05, 0.1) is 5.56 Å². The number of benzene rings is 1. The Morgan fingerprint density at radius 3 is 2.53 bits per heavy atom. The van der Waals surface area contributed by atoms with Crippen LogP contribution in [-0.2, 0) is 4.84 Å². The van der Waals surface area contributed by atoms with Gasteiger partial charge in [-0.15, -0.1) is 0 Å². The Labute approximate surface area is 108 Å². The number of hydrogen-bond donors (Lipinski definition) is 2. The first-order valence-corrected chi connectivity index (χ1v) is 5.35. The molecule has 0 amide bonds. The van der Waals surface area contributed by atoms with Gasteiger partial charge in [-0.25, -0.2) is 14.8 Å². The molecule has 19 heavy (non-hydrogen) atoms. The van der Waals surface area contributed by atoms with E-state index in [4.69, 9.17) is 16.3 Å². The maximum Gasteiger partial charge on any atom is 0.365 e. The van der Waals surface area contributed by atoms with Crippen LogP contribution in [0.4, 0.5) is 5.82 Å². The first-order valence-electron chi connectivity index (χ1n) is 5.35. The molecule has 0 spiro atoms. The van der Waals surface area contributed by atoms with Crippen molar-refractivity contribution < 1.29 is 9.63 Å². The van der Waals surface area contributed by atoms with Crippen molar-refractivity contribution in [2.24, 2.45) is 10.9 Å². The SMILES string of the molecule is N/C(=N\OC(=O)c1ccccc1)c1nccnc1N. The lowest BCUT2D eigenvalue weighted by atomic mass is 10.2. The van der Waals surface area contributed by atoms with E-state index < -0.39 is 5.97 Å². The van der Waals surface area contributed by atoms with Crippen LogP contribution in [-0.4, -0.2) is 21.8 Å². The fraction of sp³-hybridized carbons (Fsp3) is 0. The number of oxime groups is 1.